The molecule has 1 aromatic carbocycles. The molecule has 0 radical (unpaired) electrons. The summed E-state index contributed by atoms with van der Waals surface area (Å²) >= 11 is 0. The van der Waals surface area contributed by atoms with Crippen molar-refractivity contribution in [2.24, 2.45) is 0 Å². The Bertz CT molecular complexity index is 900. The van der Waals surface area contributed by atoms with E-state index < -0.39 is 0 Å². The van der Waals surface area contributed by atoms with Gasteiger partial charge in [0.25, 0.3) is 0 Å². The predicted octanol–water partition coefficient (Wildman–Crippen LogP) is 5.14. The Morgan fingerprint density at radius 1 is 0.923 bits per heavy atom. The topological polar surface area (TPSA) is 55.1 Å². The van der Waals surface area contributed by atoms with E-state index in [0.29, 0.717) is 5.58 Å². The Hall–Kier alpha value is -2.43. The van der Waals surface area contributed by atoms with Crippen LogP contribution in [0.3, 0.4) is 0 Å². The molecule has 0 spiro atoms. The highest BCUT2D eigenvalue weighted by Crippen LogP contribution is 2.35. The molecule has 5 nitrogen and oxygen atoms in total. The number of aryl methyl sites for hydroxylation is 4. The number of anilines is 1. The first-order chi connectivity index (χ1) is 12.5. The minimum Gasteiger partial charge on any atom is -0.353 e. The lowest BCUT2D eigenvalue weighted by molar-refractivity contribution is 0.457. The van der Waals surface area contributed by atoms with E-state index in [0.717, 1.165) is 54.3 Å². The summed E-state index contributed by atoms with van der Waals surface area (Å²) in [5.74, 6) is 1.61. The molecule has 0 aliphatic carbocycles. The predicted molar refractivity (Wildman–Crippen MR) is 107 cm³/mol. The lowest BCUT2D eigenvalue weighted by Gasteiger charge is -2.22. The summed E-state index contributed by atoms with van der Waals surface area (Å²) in [5.41, 5.74) is 7.04. The standard InChI is InChI=1S/C21H28N4O/c1-7-9-25(10-8-2)21-20-19(22-16(6)23-21)18(24-26-20)17-14(4)11-13(3)12-15(17)5/h11-12H,7-10H2,1-6H3. The van der Waals surface area contributed by atoms with E-state index >= 15 is 0 Å². The van der Waals surface area contributed by atoms with E-state index in [1.807, 2.05) is 6.92 Å². The summed E-state index contributed by atoms with van der Waals surface area (Å²) in [7, 11) is 0. The molecule has 5 heteroatoms. The minimum atomic E-state index is 0.687. The average Bonchev–Trinajstić information content (AvgIpc) is 2.96. The van der Waals surface area contributed by atoms with Crippen LogP contribution in [-0.4, -0.2) is 28.2 Å². The van der Waals surface area contributed by atoms with Crippen LogP contribution in [0.4, 0.5) is 5.82 Å². The van der Waals surface area contributed by atoms with Crippen molar-refractivity contribution < 1.29 is 4.52 Å². The van der Waals surface area contributed by atoms with Gasteiger partial charge in [0.15, 0.2) is 5.82 Å². The SMILES string of the molecule is CCCN(CCC)c1nc(C)nc2c(-c3c(C)cc(C)cc3C)noc12. The van der Waals surface area contributed by atoms with Gasteiger partial charge in [-0.25, -0.2) is 9.97 Å². The van der Waals surface area contributed by atoms with Crippen molar-refractivity contribution in [3.8, 4) is 11.3 Å². The number of nitrogens with zero attached hydrogens (tertiary/aromatic N) is 4. The van der Waals surface area contributed by atoms with Crippen LogP contribution >= 0.6 is 0 Å². The fourth-order valence-electron chi connectivity index (χ4n) is 3.72. The van der Waals surface area contributed by atoms with Crippen LogP contribution in [0.5, 0.6) is 0 Å². The highest BCUT2D eigenvalue weighted by Gasteiger charge is 2.22. The van der Waals surface area contributed by atoms with E-state index in [4.69, 9.17) is 4.52 Å². The van der Waals surface area contributed by atoms with Gasteiger partial charge in [0.1, 0.15) is 17.0 Å². The molecule has 0 aliphatic heterocycles. The van der Waals surface area contributed by atoms with E-state index in [2.05, 4.69) is 66.8 Å². The van der Waals surface area contributed by atoms with Crippen molar-refractivity contribution in [3.05, 3.63) is 34.6 Å². The third kappa shape index (κ3) is 3.30. The maximum Gasteiger partial charge on any atom is 0.228 e. The fourth-order valence-corrected chi connectivity index (χ4v) is 3.72. The van der Waals surface area contributed by atoms with Gasteiger partial charge in [0.2, 0.25) is 5.58 Å². The molecule has 0 saturated carbocycles. The van der Waals surface area contributed by atoms with Gasteiger partial charge in [-0.3, -0.25) is 0 Å². The summed E-state index contributed by atoms with van der Waals surface area (Å²) in [6.07, 6.45) is 2.11. The Morgan fingerprint density at radius 2 is 1.54 bits per heavy atom. The number of fused-ring (bicyclic) bond motifs is 1. The molecule has 3 aromatic rings. The zero-order chi connectivity index (χ0) is 18.8. The van der Waals surface area contributed by atoms with E-state index in [1.165, 1.54) is 16.7 Å². The summed E-state index contributed by atoms with van der Waals surface area (Å²) in [6, 6.07) is 4.36. The smallest absolute Gasteiger partial charge is 0.228 e. The second-order valence-corrected chi connectivity index (χ2v) is 7.06. The lowest BCUT2D eigenvalue weighted by atomic mass is 9.97. The molecule has 2 aromatic heterocycles. The molecule has 0 atom stereocenters. The molecule has 0 bridgehead atoms. The largest absolute Gasteiger partial charge is 0.353 e. The Morgan fingerprint density at radius 3 is 2.12 bits per heavy atom. The quantitative estimate of drug-likeness (QED) is 0.614. The highest BCUT2D eigenvalue weighted by molar-refractivity contribution is 5.95. The Kier molecular flexibility index (Phi) is 5.25. The molecule has 0 N–H and O–H groups in total. The van der Waals surface area contributed by atoms with Crippen molar-refractivity contribution in [3.63, 3.8) is 0 Å². The fraction of sp³-hybridized carbons (Fsp3) is 0.476. The normalized spacial score (nSPS) is 11.3. The summed E-state index contributed by atoms with van der Waals surface area (Å²) < 4.78 is 5.79. The van der Waals surface area contributed by atoms with E-state index in [9.17, 15) is 0 Å². The zero-order valence-electron chi connectivity index (χ0n) is 16.7. The van der Waals surface area contributed by atoms with Gasteiger partial charge in [0, 0.05) is 18.7 Å². The average molecular weight is 352 g/mol. The van der Waals surface area contributed by atoms with Crippen molar-refractivity contribution >= 4 is 16.9 Å². The van der Waals surface area contributed by atoms with Crippen LogP contribution in [0.2, 0.25) is 0 Å². The summed E-state index contributed by atoms with van der Waals surface area (Å²) in [4.78, 5) is 11.7. The maximum atomic E-state index is 5.79. The van der Waals surface area contributed by atoms with Gasteiger partial charge >= 0.3 is 0 Å². The molecule has 0 fully saturated rings. The van der Waals surface area contributed by atoms with E-state index in [-0.39, 0.29) is 0 Å². The second kappa shape index (κ2) is 7.44. The Balaban J connectivity index is 2.23. The third-order valence-corrected chi connectivity index (χ3v) is 4.61. The first-order valence-electron chi connectivity index (χ1n) is 9.43. The van der Waals surface area contributed by atoms with Crippen LogP contribution in [0, 0.1) is 27.7 Å². The molecule has 0 saturated heterocycles. The van der Waals surface area contributed by atoms with Crippen LogP contribution in [-0.2, 0) is 0 Å². The molecule has 0 unspecified atom stereocenters. The third-order valence-electron chi connectivity index (χ3n) is 4.61. The molecule has 138 valence electrons. The zero-order valence-corrected chi connectivity index (χ0v) is 16.7. The number of hydrogen-bond donors (Lipinski definition) is 0. The second-order valence-electron chi connectivity index (χ2n) is 7.06. The number of hydrogen-bond acceptors (Lipinski definition) is 5. The molecule has 2 heterocycles. The van der Waals surface area contributed by atoms with Gasteiger partial charge in [-0.1, -0.05) is 36.7 Å². The maximum absolute atomic E-state index is 5.79. The van der Waals surface area contributed by atoms with Crippen LogP contribution in [0.1, 0.15) is 49.2 Å². The molecule has 0 aliphatic rings. The van der Waals surface area contributed by atoms with Crippen LogP contribution in [0.25, 0.3) is 22.4 Å². The number of benzene rings is 1. The molecule has 3 rings (SSSR count). The van der Waals surface area contributed by atoms with Gasteiger partial charge < -0.3 is 9.42 Å². The molecular formula is C21H28N4O. The van der Waals surface area contributed by atoms with Gasteiger partial charge in [-0.2, -0.15) is 0 Å². The van der Waals surface area contributed by atoms with Gasteiger partial charge in [0.05, 0.1) is 0 Å². The molecule has 26 heavy (non-hydrogen) atoms. The van der Waals surface area contributed by atoms with Crippen molar-refractivity contribution in [1.82, 2.24) is 15.1 Å². The number of aromatic nitrogens is 3. The van der Waals surface area contributed by atoms with Crippen molar-refractivity contribution in [1.29, 1.82) is 0 Å². The molecular weight excluding hydrogens is 324 g/mol. The number of rotatable bonds is 6. The van der Waals surface area contributed by atoms with E-state index in [1.54, 1.807) is 0 Å². The van der Waals surface area contributed by atoms with Gasteiger partial charge in [-0.15, -0.1) is 0 Å². The van der Waals surface area contributed by atoms with Crippen molar-refractivity contribution in [2.45, 2.75) is 54.4 Å². The van der Waals surface area contributed by atoms with Crippen LogP contribution < -0.4 is 4.90 Å². The summed E-state index contributed by atoms with van der Waals surface area (Å²) in [6.45, 7) is 14.5. The lowest BCUT2D eigenvalue weighted by Crippen LogP contribution is -2.26. The van der Waals surface area contributed by atoms with Crippen LogP contribution in [0.15, 0.2) is 16.7 Å². The van der Waals surface area contributed by atoms with Crippen molar-refractivity contribution in [2.75, 3.05) is 18.0 Å². The summed E-state index contributed by atoms with van der Waals surface area (Å²) in [5, 5.41) is 4.42. The highest BCUT2D eigenvalue weighted by atomic mass is 16.5. The first kappa shape index (κ1) is 18.4. The molecule has 0 amide bonds. The Labute approximate surface area is 155 Å². The van der Waals surface area contributed by atoms with Gasteiger partial charge in [-0.05, 0) is 51.7 Å². The first-order valence-corrected chi connectivity index (χ1v) is 9.43. The monoisotopic (exact) mass is 352 g/mol. The minimum absolute atomic E-state index is 0.687.